The molecule has 0 spiro atoms. The molecular formula is C18H27N5O3. The van der Waals surface area contributed by atoms with E-state index >= 15 is 0 Å². The maximum absolute atomic E-state index is 6.32. The quantitative estimate of drug-likeness (QED) is 0.629. The predicted octanol–water partition coefficient (Wildman–Crippen LogP) is 2.30. The van der Waals surface area contributed by atoms with Gasteiger partial charge in [0.1, 0.15) is 17.8 Å². The highest BCUT2D eigenvalue weighted by Crippen LogP contribution is 2.29. The van der Waals surface area contributed by atoms with Gasteiger partial charge in [-0.2, -0.15) is 0 Å². The third-order valence-electron chi connectivity index (χ3n) is 3.72. The number of ether oxygens (including phenoxy) is 3. The molecule has 0 aliphatic carbocycles. The van der Waals surface area contributed by atoms with Gasteiger partial charge in [0.25, 0.3) is 0 Å². The van der Waals surface area contributed by atoms with Gasteiger partial charge in [0.15, 0.2) is 11.6 Å². The monoisotopic (exact) mass is 361 g/mol. The van der Waals surface area contributed by atoms with Gasteiger partial charge < -0.3 is 30.2 Å². The van der Waals surface area contributed by atoms with E-state index in [1.807, 2.05) is 36.1 Å². The molecule has 0 radical (unpaired) electrons. The van der Waals surface area contributed by atoms with Crippen molar-refractivity contribution in [2.24, 2.45) is 0 Å². The van der Waals surface area contributed by atoms with Gasteiger partial charge in [0, 0.05) is 33.0 Å². The average Bonchev–Trinajstić information content (AvgIpc) is 2.66. The minimum Gasteiger partial charge on any atom is -0.494 e. The van der Waals surface area contributed by atoms with Crippen LogP contribution in [-0.4, -0.2) is 57.1 Å². The van der Waals surface area contributed by atoms with Crippen molar-refractivity contribution in [1.29, 1.82) is 0 Å². The lowest BCUT2D eigenvalue weighted by molar-refractivity contribution is 0.190. The molecule has 0 amide bonds. The Kier molecular flexibility index (Phi) is 7.91. The highest BCUT2D eigenvalue weighted by Gasteiger charge is 2.15. The number of hydrogen-bond acceptors (Lipinski definition) is 8. The molecule has 0 aliphatic heterocycles. The Morgan fingerprint density at radius 1 is 1.04 bits per heavy atom. The van der Waals surface area contributed by atoms with E-state index in [9.17, 15) is 0 Å². The highest BCUT2D eigenvalue weighted by molar-refractivity contribution is 5.78. The SMILES string of the molecule is CCOc1ccc(Nc2ncnc(N(CCOC)CCOC)c2N)cc1. The molecule has 0 aliphatic rings. The Balaban J connectivity index is 2.17. The van der Waals surface area contributed by atoms with Crippen molar-refractivity contribution in [2.75, 3.05) is 63.1 Å². The normalized spacial score (nSPS) is 10.6. The summed E-state index contributed by atoms with van der Waals surface area (Å²) in [5.41, 5.74) is 7.66. The summed E-state index contributed by atoms with van der Waals surface area (Å²) >= 11 is 0. The second kappa shape index (κ2) is 10.4. The zero-order chi connectivity index (χ0) is 18.8. The number of anilines is 4. The van der Waals surface area contributed by atoms with Crippen molar-refractivity contribution in [1.82, 2.24) is 9.97 Å². The Bertz CT molecular complexity index is 658. The molecule has 1 aromatic carbocycles. The molecule has 3 N–H and O–H groups in total. The van der Waals surface area contributed by atoms with E-state index in [1.54, 1.807) is 14.2 Å². The van der Waals surface area contributed by atoms with E-state index in [1.165, 1.54) is 6.33 Å². The molecule has 1 heterocycles. The molecule has 2 rings (SSSR count). The largest absolute Gasteiger partial charge is 0.494 e. The van der Waals surface area contributed by atoms with Crippen molar-refractivity contribution in [2.45, 2.75) is 6.92 Å². The van der Waals surface area contributed by atoms with Gasteiger partial charge in [0.2, 0.25) is 0 Å². The molecule has 0 saturated carbocycles. The first-order valence-electron chi connectivity index (χ1n) is 8.52. The zero-order valence-electron chi connectivity index (χ0n) is 15.6. The molecule has 0 atom stereocenters. The standard InChI is InChI=1S/C18H27N5O3/c1-4-26-15-7-5-14(6-8-15)22-17-16(19)18(21-13-20-17)23(9-11-24-2)10-12-25-3/h5-8,13H,4,9-12,19H2,1-3H3,(H,20,21,22). The Hall–Kier alpha value is -2.58. The summed E-state index contributed by atoms with van der Waals surface area (Å²) in [4.78, 5) is 10.6. The molecular weight excluding hydrogens is 334 g/mol. The number of nitrogens with two attached hydrogens (primary N) is 1. The van der Waals surface area contributed by atoms with Crippen LogP contribution in [0.2, 0.25) is 0 Å². The summed E-state index contributed by atoms with van der Waals surface area (Å²) in [6.07, 6.45) is 1.50. The lowest BCUT2D eigenvalue weighted by Crippen LogP contribution is -2.32. The fraction of sp³-hybridized carbons (Fsp3) is 0.444. The highest BCUT2D eigenvalue weighted by atomic mass is 16.5. The summed E-state index contributed by atoms with van der Waals surface area (Å²) in [6, 6.07) is 7.63. The number of nitrogens with zero attached hydrogens (tertiary/aromatic N) is 3. The fourth-order valence-electron chi connectivity index (χ4n) is 2.40. The van der Waals surface area contributed by atoms with Crippen molar-refractivity contribution < 1.29 is 14.2 Å². The van der Waals surface area contributed by atoms with Gasteiger partial charge in [-0.3, -0.25) is 0 Å². The second-order valence-electron chi connectivity index (χ2n) is 5.51. The molecule has 0 fully saturated rings. The number of benzene rings is 1. The smallest absolute Gasteiger partial charge is 0.159 e. The summed E-state index contributed by atoms with van der Waals surface area (Å²) in [5.74, 6) is 2.03. The van der Waals surface area contributed by atoms with Crippen LogP contribution < -0.4 is 20.7 Å². The summed E-state index contributed by atoms with van der Waals surface area (Å²) in [7, 11) is 3.33. The Morgan fingerprint density at radius 3 is 2.27 bits per heavy atom. The van der Waals surface area contributed by atoms with Gasteiger partial charge in [-0.1, -0.05) is 0 Å². The maximum atomic E-state index is 6.32. The van der Waals surface area contributed by atoms with Crippen LogP contribution in [-0.2, 0) is 9.47 Å². The first-order valence-corrected chi connectivity index (χ1v) is 8.52. The predicted molar refractivity (Wildman–Crippen MR) is 103 cm³/mol. The van der Waals surface area contributed by atoms with Crippen LogP contribution in [0.5, 0.6) is 5.75 Å². The first-order chi connectivity index (χ1) is 12.7. The number of methoxy groups -OCH3 is 2. The van der Waals surface area contributed by atoms with Gasteiger partial charge in [-0.05, 0) is 31.2 Å². The van der Waals surface area contributed by atoms with Gasteiger partial charge in [0.05, 0.1) is 19.8 Å². The lowest BCUT2D eigenvalue weighted by atomic mass is 10.3. The van der Waals surface area contributed by atoms with E-state index in [2.05, 4.69) is 15.3 Å². The molecule has 0 saturated heterocycles. The molecule has 2 aromatic rings. The van der Waals surface area contributed by atoms with Crippen LogP contribution in [0.3, 0.4) is 0 Å². The van der Waals surface area contributed by atoms with E-state index in [-0.39, 0.29) is 0 Å². The number of aromatic nitrogens is 2. The van der Waals surface area contributed by atoms with Crippen LogP contribution in [0.25, 0.3) is 0 Å². The third kappa shape index (κ3) is 5.47. The Labute approximate surface area is 154 Å². The summed E-state index contributed by atoms with van der Waals surface area (Å²) < 4.78 is 15.8. The van der Waals surface area contributed by atoms with E-state index in [4.69, 9.17) is 19.9 Å². The molecule has 0 bridgehead atoms. The average molecular weight is 361 g/mol. The Morgan fingerprint density at radius 2 is 1.69 bits per heavy atom. The van der Waals surface area contributed by atoms with E-state index in [0.717, 1.165) is 11.4 Å². The van der Waals surface area contributed by atoms with Gasteiger partial charge in [-0.15, -0.1) is 0 Å². The second-order valence-corrected chi connectivity index (χ2v) is 5.51. The third-order valence-corrected chi connectivity index (χ3v) is 3.72. The number of nitrogen functional groups attached to an aromatic ring is 1. The van der Waals surface area contributed by atoms with Crippen LogP contribution in [0.4, 0.5) is 23.0 Å². The summed E-state index contributed by atoms with van der Waals surface area (Å²) in [5, 5.41) is 3.23. The fourth-order valence-corrected chi connectivity index (χ4v) is 2.40. The number of rotatable bonds is 11. The molecule has 8 nitrogen and oxygen atoms in total. The minimum absolute atomic E-state index is 0.480. The molecule has 26 heavy (non-hydrogen) atoms. The van der Waals surface area contributed by atoms with Crippen molar-refractivity contribution in [3.63, 3.8) is 0 Å². The first kappa shape index (κ1) is 19.7. The zero-order valence-corrected chi connectivity index (χ0v) is 15.6. The summed E-state index contributed by atoms with van der Waals surface area (Å²) in [6.45, 7) is 5.03. The van der Waals surface area contributed by atoms with Crippen molar-refractivity contribution in [3.05, 3.63) is 30.6 Å². The van der Waals surface area contributed by atoms with Crippen LogP contribution in [0.1, 0.15) is 6.92 Å². The minimum atomic E-state index is 0.480. The van der Waals surface area contributed by atoms with Gasteiger partial charge >= 0.3 is 0 Å². The van der Waals surface area contributed by atoms with Crippen LogP contribution in [0, 0.1) is 0 Å². The lowest BCUT2D eigenvalue weighted by Gasteiger charge is -2.25. The molecule has 1 aromatic heterocycles. The van der Waals surface area contributed by atoms with E-state index < -0.39 is 0 Å². The number of hydrogen-bond donors (Lipinski definition) is 2. The molecule has 0 unspecified atom stereocenters. The molecule has 142 valence electrons. The topological polar surface area (TPSA) is 94.8 Å². The van der Waals surface area contributed by atoms with Crippen molar-refractivity contribution in [3.8, 4) is 5.75 Å². The van der Waals surface area contributed by atoms with Gasteiger partial charge in [-0.25, -0.2) is 9.97 Å². The van der Waals surface area contributed by atoms with E-state index in [0.29, 0.717) is 50.2 Å². The number of nitrogens with one attached hydrogen (secondary N) is 1. The van der Waals surface area contributed by atoms with Crippen LogP contribution >= 0.6 is 0 Å². The van der Waals surface area contributed by atoms with Crippen LogP contribution in [0.15, 0.2) is 30.6 Å². The maximum Gasteiger partial charge on any atom is 0.159 e. The molecule has 8 heteroatoms. The van der Waals surface area contributed by atoms with Crippen molar-refractivity contribution >= 4 is 23.0 Å².